The minimum Gasteiger partial charge on any atom is -0.390 e. The summed E-state index contributed by atoms with van der Waals surface area (Å²) in [6.45, 7) is 3.06. The Morgan fingerprint density at radius 1 is 1.14 bits per heavy atom. The van der Waals surface area contributed by atoms with Gasteiger partial charge in [0.15, 0.2) is 0 Å². The fourth-order valence-corrected chi connectivity index (χ4v) is 2.22. The van der Waals surface area contributed by atoms with Crippen molar-refractivity contribution in [2.45, 2.75) is 32.0 Å². The molecule has 1 aromatic carbocycles. The molecule has 2 aromatic rings. The first kappa shape index (κ1) is 15.6. The van der Waals surface area contributed by atoms with E-state index in [4.69, 9.17) is 5.73 Å². The molecule has 0 fully saturated rings. The van der Waals surface area contributed by atoms with Gasteiger partial charge in [-0.05, 0) is 31.0 Å². The minimum atomic E-state index is -0.574. The second kappa shape index (κ2) is 7.88. The van der Waals surface area contributed by atoms with Crippen molar-refractivity contribution in [3.8, 4) is 0 Å². The van der Waals surface area contributed by atoms with Crippen LogP contribution < -0.4 is 11.1 Å². The number of nitrogens with two attached hydrogens (primary N) is 1. The minimum absolute atomic E-state index is 0.273. The maximum Gasteiger partial charge on any atom is 0.0818 e. The van der Waals surface area contributed by atoms with Crippen molar-refractivity contribution in [1.29, 1.82) is 0 Å². The zero-order chi connectivity index (χ0) is 15.1. The van der Waals surface area contributed by atoms with Gasteiger partial charge in [0, 0.05) is 24.8 Å². The molecule has 0 radical (unpaired) electrons. The van der Waals surface area contributed by atoms with Crippen LogP contribution in [0.25, 0.3) is 0 Å². The van der Waals surface area contributed by atoms with Crippen LogP contribution in [0, 0.1) is 6.92 Å². The van der Waals surface area contributed by atoms with E-state index in [9.17, 15) is 5.11 Å². The molecule has 4 N–H and O–H groups in total. The van der Waals surface area contributed by atoms with E-state index in [2.05, 4.69) is 10.3 Å². The summed E-state index contributed by atoms with van der Waals surface area (Å²) < 4.78 is 0. The van der Waals surface area contributed by atoms with Crippen LogP contribution in [0.2, 0.25) is 0 Å². The average molecular weight is 285 g/mol. The van der Waals surface area contributed by atoms with Crippen molar-refractivity contribution in [2.24, 2.45) is 5.73 Å². The van der Waals surface area contributed by atoms with Gasteiger partial charge in [-0.3, -0.25) is 4.98 Å². The first-order valence-electron chi connectivity index (χ1n) is 7.26. The van der Waals surface area contributed by atoms with Crippen LogP contribution in [-0.2, 0) is 13.0 Å². The fraction of sp³-hybridized carbons (Fsp3) is 0.353. The molecule has 21 heavy (non-hydrogen) atoms. The number of benzene rings is 1. The third-order valence-electron chi connectivity index (χ3n) is 3.41. The molecule has 0 amide bonds. The van der Waals surface area contributed by atoms with Crippen molar-refractivity contribution in [3.05, 3.63) is 65.5 Å². The largest absolute Gasteiger partial charge is 0.390 e. The van der Waals surface area contributed by atoms with E-state index in [1.165, 1.54) is 0 Å². The van der Waals surface area contributed by atoms with E-state index in [0.717, 1.165) is 17.0 Å². The summed E-state index contributed by atoms with van der Waals surface area (Å²) in [4.78, 5) is 4.41. The van der Waals surface area contributed by atoms with E-state index >= 15 is 0 Å². The number of aromatic nitrogens is 1. The number of nitrogens with zero attached hydrogens (tertiary/aromatic N) is 1. The van der Waals surface area contributed by atoms with Gasteiger partial charge in [0.05, 0.1) is 11.8 Å². The third kappa shape index (κ3) is 5.27. The Hall–Kier alpha value is -1.75. The van der Waals surface area contributed by atoms with E-state index < -0.39 is 6.10 Å². The Bertz CT molecular complexity index is 545. The molecule has 2 atom stereocenters. The standard InChI is InChI=1S/C17H23N3O/c1-13-6-5-9-15(20-13)11-19-12-17(21)16(18)10-14-7-3-2-4-8-14/h2-9,16-17,19,21H,10-12,18H2,1H3/t16-,17+/m0/s1. The lowest BCUT2D eigenvalue weighted by molar-refractivity contribution is 0.141. The number of hydrogen-bond acceptors (Lipinski definition) is 4. The lowest BCUT2D eigenvalue weighted by Crippen LogP contribution is -2.43. The third-order valence-corrected chi connectivity index (χ3v) is 3.41. The van der Waals surface area contributed by atoms with Gasteiger partial charge < -0.3 is 16.2 Å². The molecule has 4 nitrogen and oxygen atoms in total. The summed E-state index contributed by atoms with van der Waals surface area (Å²) in [7, 11) is 0. The van der Waals surface area contributed by atoms with Crippen LogP contribution >= 0.6 is 0 Å². The quantitative estimate of drug-likeness (QED) is 0.719. The number of aryl methyl sites for hydroxylation is 1. The molecule has 0 spiro atoms. The highest BCUT2D eigenvalue weighted by Crippen LogP contribution is 2.04. The van der Waals surface area contributed by atoms with Gasteiger partial charge in [0.2, 0.25) is 0 Å². The van der Waals surface area contributed by atoms with Crippen LogP contribution in [0.4, 0.5) is 0 Å². The van der Waals surface area contributed by atoms with Gasteiger partial charge in [0.25, 0.3) is 0 Å². The Balaban J connectivity index is 1.75. The smallest absolute Gasteiger partial charge is 0.0818 e. The van der Waals surface area contributed by atoms with Crippen molar-refractivity contribution < 1.29 is 5.11 Å². The molecule has 0 aliphatic heterocycles. The number of pyridine rings is 1. The topological polar surface area (TPSA) is 71.2 Å². The van der Waals surface area contributed by atoms with E-state index in [-0.39, 0.29) is 6.04 Å². The van der Waals surface area contributed by atoms with Gasteiger partial charge in [-0.1, -0.05) is 36.4 Å². The van der Waals surface area contributed by atoms with Crippen molar-refractivity contribution >= 4 is 0 Å². The predicted molar refractivity (Wildman–Crippen MR) is 84.8 cm³/mol. The average Bonchev–Trinajstić information content (AvgIpc) is 2.48. The molecule has 0 saturated carbocycles. The highest BCUT2D eigenvalue weighted by atomic mass is 16.3. The Morgan fingerprint density at radius 3 is 2.62 bits per heavy atom. The molecule has 0 saturated heterocycles. The van der Waals surface area contributed by atoms with E-state index in [0.29, 0.717) is 19.5 Å². The lowest BCUT2D eigenvalue weighted by atomic mass is 10.0. The summed E-state index contributed by atoms with van der Waals surface area (Å²) in [6, 6.07) is 15.6. The Morgan fingerprint density at radius 2 is 1.90 bits per heavy atom. The zero-order valence-electron chi connectivity index (χ0n) is 12.4. The number of hydrogen-bond donors (Lipinski definition) is 3. The molecule has 4 heteroatoms. The first-order valence-corrected chi connectivity index (χ1v) is 7.26. The predicted octanol–water partition coefficient (Wildman–Crippen LogP) is 1.41. The van der Waals surface area contributed by atoms with Gasteiger partial charge in [-0.15, -0.1) is 0 Å². The van der Waals surface area contributed by atoms with Crippen LogP contribution in [0.15, 0.2) is 48.5 Å². The molecule has 0 unspecified atom stereocenters. The van der Waals surface area contributed by atoms with Crippen LogP contribution in [0.5, 0.6) is 0 Å². The van der Waals surface area contributed by atoms with Gasteiger partial charge in [-0.2, -0.15) is 0 Å². The number of rotatable bonds is 7. The van der Waals surface area contributed by atoms with Gasteiger partial charge in [-0.25, -0.2) is 0 Å². The molecule has 0 aliphatic rings. The fourth-order valence-electron chi connectivity index (χ4n) is 2.22. The molecule has 1 aromatic heterocycles. The van der Waals surface area contributed by atoms with E-state index in [1.807, 2.05) is 55.5 Å². The number of aliphatic hydroxyl groups is 1. The Labute approximate surface area is 126 Å². The highest BCUT2D eigenvalue weighted by Gasteiger charge is 2.14. The first-order chi connectivity index (χ1) is 10.1. The summed E-state index contributed by atoms with van der Waals surface area (Å²) in [6.07, 6.45) is 0.0989. The zero-order valence-corrected chi connectivity index (χ0v) is 12.4. The second-order valence-electron chi connectivity index (χ2n) is 5.32. The molecule has 0 aliphatic carbocycles. The van der Waals surface area contributed by atoms with Crippen molar-refractivity contribution in [1.82, 2.24) is 10.3 Å². The normalized spacial score (nSPS) is 13.9. The van der Waals surface area contributed by atoms with Crippen LogP contribution in [0.3, 0.4) is 0 Å². The van der Waals surface area contributed by atoms with Crippen molar-refractivity contribution in [3.63, 3.8) is 0 Å². The molecule has 2 rings (SSSR count). The second-order valence-corrected chi connectivity index (χ2v) is 5.32. The molecular weight excluding hydrogens is 262 g/mol. The lowest BCUT2D eigenvalue weighted by Gasteiger charge is -2.19. The molecular formula is C17H23N3O. The van der Waals surface area contributed by atoms with E-state index in [1.54, 1.807) is 0 Å². The van der Waals surface area contributed by atoms with Crippen molar-refractivity contribution in [2.75, 3.05) is 6.54 Å². The maximum absolute atomic E-state index is 10.1. The monoisotopic (exact) mass is 285 g/mol. The van der Waals surface area contributed by atoms with Gasteiger partial charge in [0.1, 0.15) is 0 Å². The van der Waals surface area contributed by atoms with Gasteiger partial charge >= 0.3 is 0 Å². The summed E-state index contributed by atoms with van der Waals surface area (Å²) >= 11 is 0. The molecule has 1 heterocycles. The molecule has 0 bridgehead atoms. The highest BCUT2D eigenvalue weighted by molar-refractivity contribution is 5.16. The molecule has 112 valence electrons. The Kier molecular flexibility index (Phi) is 5.87. The number of nitrogens with one attached hydrogen (secondary N) is 1. The summed E-state index contributed by atoms with van der Waals surface area (Å²) in [5.74, 6) is 0. The summed E-state index contributed by atoms with van der Waals surface area (Å²) in [5.41, 5.74) is 9.16. The summed E-state index contributed by atoms with van der Waals surface area (Å²) in [5, 5.41) is 13.3. The SMILES string of the molecule is Cc1cccc(CNC[C@@H](O)[C@@H](N)Cc2ccccc2)n1. The van der Waals surface area contributed by atoms with Crippen LogP contribution in [-0.4, -0.2) is 28.8 Å². The number of aliphatic hydroxyl groups excluding tert-OH is 1. The maximum atomic E-state index is 10.1. The van der Waals surface area contributed by atoms with Crippen LogP contribution in [0.1, 0.15) is 17.0 Å².